The van der Waals surface area contributed by atoms with Crippen LogP contribution in [0.2, 0.25) is 5.02 Å². The van der Waals surface area contributed by atoms with Crippen molar-refractivity contribution >= 4 is 21.6 Å². The highest BCUT2D eigenvalue weighted by molar-refractivity contribution is 7.89. The number of nitrogens with zero attached hydrogens (tertiary/aromatic N) is 1. The van der Waals surface area contributed by atoms with Crippen LogP contribution < -0.4 is 0 Å². The number of rotatable bonds is 3. The molecule has 22 heavy (non-hydrogen) atoms. The molecule has 3 atom stereocenters. The third-order valence-electron chi connectivity index (χ3n) is 3.74. The SMILES string of the molecule is C#CC1C(c2ccc(Cl)cc2)N1S(=O)(=O)c1ccc(C)cc1. The lowest BCUT2D eigenvalue weighted by Gasteiger charge is -2.07. The van der Waals surface area contributed by atoms with Crippen LogP contribution in [0.1, 0.15) is 17.2 Å². The Balaban J connectivity index is 1.95. The van der Waals surface area contributed by atoms with Gasteiger partial charge in [0.15, 0.2) is 0 Å². The molecule has 112 valence electrons. The van der Waals surface area contributed by atoms with Gasteiger partial charge < -0.3 is 0 Å². The first-order valence-corrected chi connectivity index (χ1v) is 8.59. The van der Waals surface area contributed by atoms with Gasteiger partial charge in [-0.15, -0.1) is 6.42 Å². The van der Waals surface area contributed by atoms with Crippen molar-refractivity contribution < 1.29 is 8.42 Å². The summed E-state index contributed by atoms with van der Waals surface area (Å²) in [5, 5.41) is 0.606. The average Bonchev–Trinajstić information content (AvgIpc) is 3.24. The molecule has 0 radical (unpaired) electrons. The molecule has 3 nitrogen and oxygen atoms in total. The van der Waals surface area contributed by atoms with Gasteiger partial charge in [0, 0.05) is 5.02 Å². The second-order valence-electron chi connectivity index (χ2n) is 5.26. The normalized spacial score (nSPS) is 23.8. The van der Waals surface area contributed by atoms with Crippen LogP contribution in [0.25, 0.3) is 0 Å². The standard InChI is InChI=1S/C17H14ClNO2S/c1-3-16-17(13-6-8-14(18)9-7-13)19(16)22(20,21)15-10-4-12(2)5-11-15/h1,4-11,16-17H,2H3. The summed E-state index contributed by atoms with van der Waals surface area (Å²) < 4.78 is 26.8. The molecule has 0 bridgehead atoms. The number of terminal acetylenes is 1. The van der Waals surface area contributed by atoms with Crippen LogP contribution in [0.5, 0.6) is 0 Å². The molecule has 2 aromatic rings. The lowest BCUT2D eigenvalue weighted by Crippen LogP contribution is -2.14. The maximum Gasteiger partial charge on any atom is 0.244 e. The Kier molecular flexibility index (Phi) is 3.73. The van der Waals surface area contributed by atoms with Gasteiger partial charge in [0.25, 0.3) is 0 Å². The van der Waals surface area contributed by atoms with Gasteiger partial charge in [-0.05, 0) is 36.8 Å². The van der Waals surface area contributed by atoms with E-state index in [4.69, 9.17) is 18.0 Å². The molecule has 1 saturated heterocycles. The Morgan fingerprint density at radius 2 is 1.68 bits per heavy atom. The van der Waals surface area contributed by atoms with E-state index in [9.17, 15) is 8.42 Å². The molecule has 0 spiro atoms. The lowest BCUT2D eigenvalue weighted by atomic mass is 10.1. The molecule has 3 rings (SSSR count). The molecule has 1 fully saturated rings. The summed E-state index contributed by atoms with van der Waals surface area (Å²) in [5.74, 6) is 2.55. The van der Waals surface area contributed by atoms with Crippen LogP contribution in [0.4, 0.5) is 0 Å². The summed E-state index contributed by atoms with van der Waals surface area (Å²) in [6.45, 7) is 1.91. The summed E-state index contributed by atoms with van der Waals surface area (Å²) in [4.78, 5) is 0.259. The molecular weight excluding hydrogens is 318 g/mol. The van der Waals surface area contributed by atoms with E-state index in [0.29, 0.717) is 5.02 Å². The minimum atomic E-state index is -3.59. The molecule has 1 heterocycles. The van der Waals surface area contributed by atoms with Crippen molar-refractivity contribution in [2.24, 2.45) is 0 Å². The van der Waals surface area contributed by atoms with Gasteiger partial charge in [0.2, 0.25) is 10.0 Å². The van der Waals surface area contributed by atoms with Crippen LogP contribution in [0.15, 0.2) is 53.4 Å². The Morgan fingerprint density at radius 1 is 1.09 bits per heavy atom. The first-order valence-electron chi connectivity index (χ1n) is 6.77. The predicted octanol–water partition coefficient (Wildman–Crippen LogP) is 3.40. The van der Waals surface area contributed by atoms with Gasteiger partial charge in [-0.25, -0.2) is 8.42 Å². The minimum Gasteiger partial charge on any atom is -0.207 e. The first kappa shape index (κ1) is 15.1. The fourth-order valence-electron chi connectivity index (χ4n) is 2.50. The van der Waals surface area contributed by atoms with Gasteiger partial charge in [-0.3, -0.25) is 0 Å². The van der Waals surface area contributed by atoms with Crippen molar-refractivity contribution in [1.29, 1.82) is 0 Å². The molecule has 0 N–H and O–H groups in total. The zero-order valence-corrected chi connectivity index (χ0v) is 13.5. The summed E-state index contributed by atoms with van der Waals surface area (Å²) in [5.41, 5.74) is 1.86. The van der Waals surface area contributed by atoms with Crippen molar-refractivity contribution in [3.8, 4) is 12.3 Å². The fraction of sp³-hybridized carbons (Fsp3) is 0.176. The number of aryl methyl sites for hydroxylation is 1. The fourth-order valence-corrected chi connectivity index (χ4v) is 4.30. The summed E-state index contributed by atoms with van der Waals surface area (Å²) >= 11 is 5.87. The zero-order chi connectivity index (χ0) is 15.9. The smallest absolute Gasteiger partial charge is 0.207 e. The number of hydrogen-bond donors (Lipinski definition) is 0. The third-order valence-corrected chi connectivity index (χ3v) is 5.87. The molecule has 0 aromatic heterocycles. The zero-order valence-electron chi connectivity index (χ0n) is 11.9. The van der Waals surface area contributed by atoms with E-state index in [1.165, 1.54) is 4.31 Å². The lowest BCUT2D eigenvalue weighted by molar-refractivity contribution is 0.551. The van der Waals surface area contributed by atoms with E-state index in [0.717, 1.165) is 11.1 Å². The van der Waals surface area contributed by atoms with Gasteiger partial charge in [-0.2, -0.15) is 4.31 Å². The van der Waals surface area contributed by atoms with E-state index >= 15 is 0 Å². The van der Waals surface area contributed by atoms with Crippen LogP contribution in [0.3, 0.4) is 0 Å². The molecule has 5 heteroatoms. The molecule has 1 aliphatic heterocycles. The van der Waals surface area contributed by atoms with Crippen molar-refractivity contribution in [3.05, 3.63) is 64.7 Å². The molecule has 3 unspecified atom stereocenters. The predicted molar refractivity (Wildman–Crippen MR) is 87.0 cm³/mol. The van der Waals surface area contributed by atoms with Gasteiger partial charge in [0.1, 0.15) is 6.04 Å². The Hall–Kier alpha value is -1.80. The molecule has 0 amide bonds. The third kappa shape index (κ3) is 2.52. The van der Waals surface area contributed by atoms with Crippen molar-refractivity contribution in [2.45, 2.75) is 23.9 Å². The highest BCUT2D eigenvalue weighted by atomic mass is 35.5. The van der Waals surface area contributed by atoms with Crippen molar-refractivity contribution in [3.63, 3.8) is 0 Å². The number of benzene rings is 2. The molecule has 1 aliphatic rings. The molecule has 2 aromatic carbocycles. The summed E-state index contributed by atoms with van der Waals surface area (Å²) in [6.07, 6.45) is 5.50. The first-order chi connectivity index (χ1) is 10.4. The van der Waals surface area contributed by atoms with Crippen LogP contribution in [-0.4, -0.2) is 18.8 Å². The molecule has 0 aliphatic carbocycles. The largest absolute Gasteiger partial charge is 0.244 e. The van der Waals surface area contributed by atoms with Crippen LogP contribution in [0, 0.1) is 19.3 Å². The summed E-state index contributed by atoms with van der Waals surface area (Å²) in [7, 11) is -3.59. The molecule has 0 saturated carbocycles. The highest BCUT2D eigenvalue weighted by Crippen LogP contribution is 2.47. The van der Waals surface area contributed by atoms with Crippen molar-refractivity contribution in [2.75, 3.05) is 0 Å². The van der Waals surface area contributed by atoms with Crippen LogP contribution in [-0.2, 0) is 10.0 Å². The minimum absolute atomic E-state index is 0.259. The van der Waals surface area contributed by atoms with Crippen molar-refractivity contribution in [1.82, 2.24) is 4.31 Å². The molecular formula is C17H14ClNO2S. The van der Waals surface area contributed by atoms with Crippen LogP contribution >= 0.6 is 11.6 Å². The average molecular weight is 332 g/mol. The second-order valence-corrected chi connectivity index (χ2v) is 7.54. The Labute approximate surface area is 135 Å². The Bertz CT molecular complexity index is 836. The Morgan fingerprint density at radius 3 is 2.23 bits per heavy atom. The van der Waals surface area contributed by atoms with Gasteiger partial charge >= 0.3 is 0 Å². The van der Waals surface area contributed by atoms with E-state index in [1.807, 2.05) is 19.1 Å². The van der Waals surface area contributed by atoms with Gasteiger partial charge in [-0.1, -0.05) is 47.4 Å². The quantitative estimate of drug-likeness (QED) is 0.638. The monoisotopic (exact) mass is 331 g/mol. The van der Waals surface area contributed by atoms with Gasteiger partial charge in [0.05, 0.1) is 10.9 Å². The number of hydrogen-bond acceptors (Lipinski definition) is 2. The van der Waals surface area contributed by atoms with E-state index < -0.39 is 16.1 Å². The maximum atomic E-state index is 12.7. The second kappa shape index (κ2) is 5.44. The maximum absolute atomic E-state index is 12.7. The number of halogens is 1. The van der Waals surface area contributed by atoms with E-state index in [2.05, 4.69) is 5.92 Å². The summed E-state index contributed by atoms with van der Waals surface area (Å²) in [6, 6.07) is 13.1. The number of sulfonamides is 1. The topological polar surface area (TPSA) is 37.1 Å². The van der Waals surface area contributed by atoms with E-state index in [1.54, 1.807) is 36.4 Å². The van der Waals surface area contributed by atoms with E-state index in [-0.39, 0.29) is 10.9 Å². The highest BCUT2D eigenvalue weighted by Gasteiger charge is 2.55.